The Labute approximate surface area is 170 Å². The van der Waals surface area contributed by atoms with Gasteiger partial charge in [-0.25, -0.2) is 0 Å². The van der Waals surface area contributed by atoms with Gasteiger partial charge in [0, 0.05) is 41.1 Å². The molecule has 1 saturated carbocycles. The zero-order chi connectivity index (χ0) is 19.5. The van der Waals surface area contributed by atoms with Crippen molar-refractivity contribution in [3.8, 4) is 0 Å². The van der Waals surface area contributed by atoms with E-state index in [9.17, 15) is 9.59 Å². The maximum absolute atomic E-state index is 12.8. The van der Waals surface area contributed by atoms with E-state index in [1.54, 1.807) is 30.3 Å². The molecule has 2 aromatic carbocycles. The van der Waals surface area contributed by atoms with E-state index in [1.165, 1.54) is 6.42 Å². The first kappa shape index (κ1) is 18.8. The highest BCUT2D eigenvalue weighted by atomic mass is 35.5. The van der Waals surface area contributed by atoms with Crippen LogP contribution in [0.1, 0.15) is 52.8 Å². The van der Waals surface area contributed by atoms with Gasteiger partial charge in [0.1, 0.15) is 0 Å². The zero-order valence-corrected chi connectivity index (χ0v) is 16.5. The van der Waals surface area contributed by atoms with Crippen LogP contribution in [0.2, 0.25) is 5.02 Å². The van der Waals surface area contributed by atoms with Crippen molar-refractivity contribution in [2.45, 2.75) is 38.1 Å². The predicted octanol–water partition coefficient (Wildman–Crippen LogP) is 4.47. The van der Waals surface area contributed by atoms with Gasteiger partial charge in [-0.15, -0.1) is 0 Å². The van der Waals surface area contributed by atoms with Crippen LogP contribution in [0.4, 0.5) is 11.4 Å². The van der Waals surface area contributed by atoms with Crippen molar-refractivity contribution in [2.75, 3.05) is 23.3 Å². The average molecular weight is 398 g/mol. The van der Waals surface area contributed by atoms with Crippen LogP contribution in [0, 0.1) is 0 Å². The third kappa shape index (κ3) is 4.47. The van der Waals surface area contributed by atoms with E-state index in [1.807, 2.05) is 12.1 Å². The summed E-state index contributed by atoms with van der Waals surface area (Å²) in [6, 6.07) is 12.6. The first-order valence-electron chi connectivity index (χ1n) is 9.87. The molecule has 2 amide bonds. The smallest absolute Gasteiger partial charge is 0.255 e. The number of rotatable bonds is 5. The molecule has 1 saturated heterocycles. The lowest BCUT2D eigenvalue weighted by Gasteiger charge is -2.30. The standard InChI is InChI=1S/C22H24ClN3O2/c23-16-6-4-15(5-7-16)21(27)25-18-10-11-20(26-12-2-1-3-13-26)19(14-18)22(28)24-17-8-9-17/h4-7,10-11,14,17H,1-3,8-9,12-13H2,(H,24,28)(H,25,27). The van der Waals surface area contributed by atoms with E-state index in [0.29, 0.717) is 21.8 Å². The first-order valence-corrected chi connectivity index (χ1v) is 10.2. The molecular weight excluding hydrogens is 374 g/mol. The number of benzene rings is 2. The molecule has 1 heterocycles. The highest BCUT2D eigenvalue weighted by Gasteiger charge is 2.26. The fraction of sp³-hybridized carbons (Fsp3) is 0.364. The Morgan fingerprint density at radius 3 is 2.32 bits per heavy atom. The van der Waals surface area contributed by atoms with Crippen LogP contribution in [-0.2, 0) is 0 Å². The Balaban J connectivity index is 1.58. The molecule has 5 nitrogen and oxygen atoms in total. The number of hydrogen-bond donors (Lipinski definition) is 2. The largest absolute Gasteiger partial charge is 0.371 e. The van der Waals surface area contributed by atoms with Gasteiger partial charge in [-0.05, 0) is 74.6 Å². The van der Waals surface area contributed by atoms with Gasteiger partial charge >= 0.3 is 0 Å². The minimum Gasteiger partial charge on any atom is -0.371 e. The normalized spacial score (nSPS) is 16.5. The lowest BCUT2D eigenvalue weighted by molar-refractivity contribution is 0.0950. The van der Waals surface area contributed by atoms with Crippen LogP contribution in [0.25, 0.3) is 0 Å². The van der Waals surface area contributed by atoms with Gasteiger partial charge < -0.3 is 15.5 Å². The van der Waals surface area contributed by atoms with Gasteiger partial charge in [0.25, 0.3) is 11.8 Å². The number of nitrogens with zero attached hydrogens (tertiary/aromatic N) is 1. The Bertz CT molecular complexity index is 872. The summed E-state index contributed by atoms with van der Waals surface area (Å²) in [6.45, 7) is 1.92. The van der Waals surface area contributed by atoms with Crippen molar-refractivity contribution in [1.29, 1.82) is 0 Å². The van der Waals surface area contributed by atoms with E-state index < -0.39 is 0 Å². The van der Waals surface area contributed by atoms with Gasteiger partial charge in [-0.2, -0.15) is 0 Å². The molecule has 6 heteroatoms. The van der Waals surface area contributed by atoms with Crippen molar-refractivity contribution >= 4 is 34.8 Å². The molecule has 0 atom stereocenters. The molecule has 2 N–H and O–H groups in total. The second-order valence-corrected chi connectivity index (χ2v) is 7.92. The van der Waals surface area contributed by atoms with E-state index in [0.717, 1.165) is 44.5 Å². The fourth-order valence-electron chi connectivity index (χ4n) is 3.50. The highest BCUT2D eigenvalue weighted by Crippen LogP contribution is 2.29. The Hall–Kier alpha value is -2.53. The van der Waals surface area contributed by atoms with Gasteiger partial charge in [0.05, 0.1) is 5.56 Å². The molecule has 2 aromatic rings. The third-order valence-electron chi connectivity index (χ3n) is 5.21. The summed E-state index contributed by atoms with van der Waals surface area (Å²) in [4.78, 5) is 27.6. The SMILES string of the molecule is O=C(Nc1ccc(N2CCCCC2)c(C(=O)NC2CC2)c1)c1ccc(Cl)cc1. The maximum Gasteiger partial charge on any atom is 0.255 e. The number of piperidine rings is 1. The fourth-order valence-corrected chi connectivity index (χ4v) is 3.63. The number of carbonyl (C=O) groups is 2. The zero-order valence-electron chi connectivity index (χ0n) is 15.7. The molecule has 0 radical (unpaired) electrons. The summed E-state index contributed by atoms with van der Waals surface area (Å²) in [7, 11) is 0. The number of halogens is 1. The molecule has 0 bridgehead atoms. The first-order chi connectivity index (χ1) is 13.6. The lowest BCUT2D eigenvalue weighted by Crippen LogP contribution is -2.33. The molecule has 0 spiro atoms. The average Bonchev–Trinajstić information content (AvgIpc) is 3.53. The van der Waals surface area contributed by atoms with Crippen molar-refractivity contribution in [2.24, 2.45) is 0 Å². The molecule has 4 rings (SSSR count). The van der Waals surface area contributed by atoms with E-state index in [2.05, 4.69) is 15.5 Å². The molecular formula is C22H24ClN3O2. The van der Waals surface area contributed by atoms with Crippen LogP contribution >= 0.6 is 11.6 Å². The second-order valence-electron chi connectivity index (χ2n) is 7.49. The minimum absolute atomic E-state index is 0.0642. The summed E-state index contributed by atoms with van der Waals surface area (Å²) in [5.74, 6) is -0.290. The van der Waals surface area contributed by atoms with E-state index >= 15 is 0 Å². The van der Waals surface area contributed by atoms with Crippen LogP contribution in [0.5, 0.6) is 0 Å². The van der Waals surface area contributed by atoms with Crippen molar-refractivity contribution in [1.82, 2.24) is 5.32 Å². The van der Waals surface area contributed by atoms with Crippen molar-refractivity contribution in [3.63, 3.8) is 0 Å². The molecule has 1 aliphatic heterocycles. The summed E-state index contributed by atoms with van der Waals surface area (Å²) >= 11 is 5.89. The summed E-state index contributed by atoms with van der Waals surface area (Å²) in [5, 5.41) is 6.55. The van der Waals surface area contributed by atoms with Crippen LogP contribution in [0.3, 0.4) is 0 Å². The van der Waals surface area contributed by atoms with E-state index in [4.69, 9.17) is 11.6 Å². The molecule has 0 aromatic heterocycles. The molecule has 0 unspecified atom stereocenters. The Morgan fingerprint density at radius 2 is 1.64 bits per heavy atom. The highest BCUT2D eigenvalue weighted by molar-refractivity contribution is 6.30. The van der Waals surface area contributed by atoms with Gasteiger partial charge in [0.15, 0.2) is 0 Å². The summed E-state index contributed by atoms with van der Waals surface area (Å²) in [5.41, 5.74) is 2.71. The topological polar surface area (TPSA) is 61.4 Å². The lowest BCUT2D eigenvalue weighted by atomic mass is 10.1. The van der Waals surface area contributed by atoms with Crippen LogP contribution in [-0.4, -0.2) is 30.9 Å². The molecule has 2 fully saturated rings. The third-order valence-corrected chi connectivity index (χ3v) is 5.47. The quantitative estimate of drug-likeness (QED) is 0.782. The molecule has 2 aliphatic rings. The number of amides is 2. The number of nitrogens with one attached hydrogen (secondary N) is 2. The van der Waals surface area contributed by atoms with E-state index in [-0.39, 0.29) is 17.9 Å². The minimum atomic E-state index is -0.226. The molecule has 1 aliphatic carbocycles. The predicted molar refractivity (Wildman–Crippen MR) is 112 cm³/mol. The Morgan fingerprint density at radius 1 is 0.929 bits per heavy atom. The van der Waals surface area contributed by atoms with Gasteiger partial charge in [-0.3, -0.25) is 9.59 Å². The monoisotopic (exact) mass is 397 g/mol. The van der Waals surface area contributed by atoms with Gasteiger partial charge in [0.2, 0.25) is 0 Å². The number of anilines is 2. The second kappa shape index (κ2) is 8.23. The summed E-state index contributed by atoms with van der Waals surface area (Å²) in [6.07, 6.45) is 5.59. The Kier molecular flexibility index (Phi) is 5.53. The summed E-state index contributed by atoms with van der Waals surface area (Å²) < 4.78 is 0. The maximum atomic E-state index is 12.8. The van der Waals surface area contributed by atoms with Crippen molar-refractivity contribution in [3.05, 3.63) is 58.6 Å². The molecule has 146 valence electrons. The number of carbonyl (C=O) groups excluding carboxylic acids is 2. The van der Waals surface area contributed by atoms with Gasteiger partial charge in [-0.1, -0.05) is 11.6 Å². The van der Waals surface area contributed by atoms with Crippen molar-refractivity contribution < 1.29 is 9.59 Å². The number of hydrogen-bond acceptors (Lipinski definition) is 3. The van der Waals surface area contributed by atoms with Crippen LogP contribution < -0.4 is 15.5 Å². The molecule has 28 heavy (non-hydrogen) atoms. The van der Waals surface area contributed by atoms with Crippen LogP contribution in [0.15, 0.2) is 42.5 Å².